The van der Waals surface area contributed by atoms with Crippen molar-refractivity contribution in [3.05, 3.63) is 61.3 Å². The molecule has 0 amide bonds. The van der Waals surface area contributed by atoms with Crippen LogP contribution in [0.5, 0.6) is 5.88 Å². The van der Waals surface area contributed by atoms with E-state index in [-0.39, 0.29) is 4.60 Å². The number of benzene rings is 1. The quantitative estimate of drug-likeness (QED) is 0.398. The minimum Gasteiger partial charge on any atom is -0.473 e. The second-order valence-corrected chi connectivity index (χ2v) is 5.51. The molecular formula is C13H7BrFIN2O. The molecule has 2 aromatic rings. The van der Waals surface area contributed by atoms with Gasteiger partial charge in [-0.1, -0.05) is 12.1 Å². The summed E-state index contributed by atoms with van der Waals surface area (Å²) in [4.78, 5) is 7.28. The van der Waals surface area contributed by atoms with Crippen LogP contribution in [0.1, 0.15) is 5.56 Å². The molecule has 96 valence electrons. The lowest BCUT2D eigenvalue weighted by atomic mass is 10.2. The maximum atomic E-state index is 13.0. The zero-order valence-corrected chi connectivity index (χ0v) is 13.3. The van der Waals surface area contributed by atoms with Crippen LogP contribution in [-0.2, 0) is 6.61 Å². The zero-order valence-electron chi connectivity index (χ0n) is 9.53. The fourth-order valence-electron chi connectivity index (χ4n) is 1.36. The van der Waals surface area contributed by atoms with Crippen molar-refractivity contribution in [3.8, 4) is 5.88 Å². The summed E-state index contributed by atoms with van der Waals surface area (Å²) in [7, 11) is 0. The second kappa shape index (κ2) is 6.30. The van der Waals surface area contributed by atoms with E-state index in [1.807, 2.05) is 6.07 Å². The van der Waals surface area contributed by atoms with Crippen LogP contribution in [0, 0.1) is 16.0 Å². The van der Waals surface area contributed by atoms with Gasteiger partial charge in [0.15, 0.2) is 11.5 Å². The third-order valence-corrected chi connectivity index (χ3v) is 3.88. The van der Waals surface area contributed by atoms with E-state index < -0.39 is 5.82 Å². The average Bonchev–Trinajstić information content (AvgIpc) is 2.41. The molecule has 2 rings (SSSR count). The Labute approximate surface area is 131 Å². The number of hydrogen-bond acceptors (Lipinski definition) is 2. The first-order valence-corrected chi connectivity index (χ1v) is 7.08. The minimum absolute atomic E-state index is 0.128. The van der Waals surface area contributed by atoms with Crippen molar-refractivity contribution in [2.45, 2.75) is 6.61 Å². The monoisotopic (exact) mass is 432 g/mol. The van der Waals surface area contributed by atoms with Gasteiger partial charge in [-0.15, -0.1) is 0 Å². The lowest BCUT2D eigenvalue weighted by Crippen LogP contribution is -1.99. The van der Waals surface area contributed by atoms with Crippen LogP contribution >= 0.6 is 38.5 Å². The Morgan fingerprint density at radius 1 is 1.37 bits per heavy atom. The SMILES string of the molecule is [C-]#[N+]c1ccc(COc2ccc(F)c(Br)n2)c(I)c1. The number of rotatable bonds is 3. The summed E-state index contributed by atoms with van der Waals surface area (Å²) in [6.07, 6.45) is 0. The van der Waals surface area contributed by atoms with Gasteiger partial charge in [0, 0.05) is 15.2 Å². The van der Waals surface area contributed by atoms with E-state index in [9.17, 15) is 4.39 Å². The predicted molar refractivity (Wildman–Crippen MR) is 81.6 cm³/mol. The van der Waals surface area contributed by atoms with Gasteiger partial charge in [-0.3, -0.25) is 0 Å². The molecule has 0 spiro atoms. The second-order valence-electron chi connectivity index (χ2n) is 3.60. The van der Waals surface area contributed by atoms with Crippen LogP contribution in [0.25, 0.3) is 4.85 Å². The molecule has 0 bridgehead atoms. The maximum Gasteiger partial charge on any atom is 0.214 e. The molecule has 0 saturated heterocycles. The minimum atomic E-state index is -0.427. The maximum absolute atomic E-state index is 13.0. The fraction of sp³-hybridized carbons (Fsp3) is 0.0769. The highest BCUT2D eigenvalue weighted by Gasteiger charge is 2.05. The van der Waals surface area contributed by atoms with E-state index in [2.05, 4.69) is 48.3 Å². The molecule has 0 fully saturated rings. The highest BCUT2D eigenvalue weighted by atomic mass is 127. The molecule has 0 atom stereocenters. The Hall–Kier alpha value is -1.20. The lowest BCUT2D eigenvalue weighted by Gasteiger charge is -2.08. The molecule has 1 aromatic heterocycles. The van der Waals surface area contributed by atoms with Gasteiger partial charge in [0.1, 0.15) is 11.2 Å². The summed E-state index contributed by atoms with van der Waals surface area (Å²) in [5.74, 6) is -0.0818. The van der Waals surface area contributed by atoms with Crippen molar-refractivity contribution >= 4 is 44.2 Å². The molecule has 0 aliphatic rings. The van der Waals surface area contributed by atoms with E-state index in [1.165, 1.54) is 12.1 Å². The smallest absolute Gasteiger partial charge is 0.214 e. The zero-order chi connectivity index (χ0) is 13.8. The van der Waals surface area contributed by atoms with Crippen molar-refractivity contribution in [1.29, 1.82) is 0 Å². The molecule has 19 heavy (non-hydrogen) atoms. The Balaban J connectivity index is 2.10. The highest BCUT2D eigenvalue weighted by molar-refractivity contribution is 14.1. The van der Waals surface area contributed by atoms with Crippen LogP contribution in [0.2, 0.25) is 0 Å². The third-order valence-electron chi connectivity index (χ3n) is 2.32. The van der Waals surface area contributed by atoms with Gasteiger partial charge in [0.2, 0.25) is 5.88 Å². The molecule has 0 unspecified atom stereocenters. The van der Waals surface area contributed by atoms with Crippen LogP contribution in [-0.4, -0.2) is 4.98 Å². The number of nitrogens with zero attached hydrogens (tertiary/aromatic N) is 2. The molecule has 0 saturated carbocycles. The molecule has 0 N–H and O–H groups in total. The number of pyridine rings is 1. The molecule has 1 aromatic carbocycles. The van der Waals surface area contributed by atoms with Crippen molar-refractivity contribution in [2.75, 3.05) is 0 Å². The third kappa shape index (κ3) is 3.64. The lowest BCUT2D eigenvalue weighted by molar-refractivity contribution is 0.291. The molecule has 0 radical (unpaired) electrons. The Morgan fingerprint density at radius 3 is 2.79 bits per heavy atom. The van der Waals surface area contributed by atoms with Crippen molar-refractivity contribution in [3.63, 3.8) is 0 Å². The van der Waals surface area contributed by atoms with Gasteiger partial charge in [0.05, 0.1) is 6.57 Å². The topological polar surface area (TPSA) is 26.5 Å². The summed E-state index contributed by atoms with van der Waals surface area (Å²) >= 11 is 5.16. The standard InChI is InChI=1S/C13H7BrFIN2O/c1-17-9-3-2-8(11(16)6-9)7-19-12-5-4-10(15)13(14)18-12/h2-6H,7H2. The highest BCUT2D eigenvalue weighted by Crippen LogP contribution is 2.22. The summed E-state index contributed by atoms with van der Waals surface area (Å²) in [6, 6.07) is 8.13. The van der Waals surface area contributed by atoms with E-state index in [1.54, 1.807) is 12.1 Å². The van der Waals surface area contributed by atoms with E-state index in [0.717, 1.165) is 9.13 Å². The number of aromatic nitrogens is 1. The van der Waals surface area contributed by atoms with Gasteiger partial charge in [0.25, 0.3) is 0 Å². The van der Waals surface area contributed by atoms with Crippen LogP contribution in [0.4, 0.5) is 10.1 Å². The number of ether oxygens (including phenoxy) is 1. The molecular weight excluding hydrogens is 426 g/mol. The Kier molecular flexibility index (Phi) is 4.71. The van der Waals surface area contributed by atoms with Gasteiger partial charge < -0.3 is 4.74 Å². The molecule has 1 heterocycles. The van der Waals surface area contributed by atoms with E-state index in [0.29, 0.717) is 18.2 Å². The Bertz CT molecular complexity index is 658. The van der Waals surface area contributed by atoms with Crippen LogP contribution < -0.4 is 4.74 Å². The summed E-state index contributed by atoms with van der Waals surface area (Å²) in [5.41, 5.74) is 1.55. The van der Waals surface area contributed by atoms with Gasteiger partial charge in [-0.2, -0.15) is 0 Å². The van der Waals surface area contributed by atoms with E-state index >= 15 is 0 Å². The first-order valence-electron chi connectivity index (χ1n) is 5.21. The summed E-state index contributed by atoms with van der Waals surface area (Å²) in [5, 5.41) is 0. The normalized spacial score (nSPS) is 10.0. The van der Waals surface area contributed by atoms with Crippen molar-refractivity contribution in [1.82, 2.24) is 4.98 Å². The predicted octanol–water partition coefficient (Wildman–Crippen LogP) is 4.72. The first-order chi connectivity index (χ1) is 9.10. The Morgan fingerprint density at radius 2 is 2.16 bits per heavy atom. The average molecular weight is 433 g/mol. The number of hydrogen-bond donors (Lipinski definition) is 0. The molecule has 6 heteroatoms. The molecule has 0 aliphatic heterocycles. The van der Waals surface area contributed by atoms with Crippen molar-refractivity contribution in [2.24, 2.45) is 0 Å². The van der Waals surface area contributed by atoms with E-state index in [4.69, 9.17) is 11.3 Å². The molecule has 0 aliphatic carbocycles. The van der Waals surface area contributed by atoms with Crippen LogP contribution in [0.3, 0.4) is 0 Å². The van der Waals surface area contributed by atoms with Gasteiger partial charge >= 0.3 is 0 Å². The van der Waals surface area contributed by atoms with Crippen molar-refractivity contribution < 1.29 is 9.13 Å². The summed E-state index contributed by atoms with van der Waals surface area (Å²) in [6.45, 7) is 7.25. The van der Waals surface area contributed by atoms with Gasteiger partial charge in [-0.05, 0) is 50.7 Å². The molecule has 3 nitrogen and oxygen atoms in total. The first kappa shape index (κ1) is 14.2. The van der Waals surface area contributed by atoms with Gasteiger partial charge in [-0.25, -0.2) is 14.2 Å². The largest absolute Gasteiger partial charge is 0.473 e. The van der Waals surface area contributed by atoms with Crippen LogP contribution in [0.15, 0.2) is 34.9 Å². The number of halogens is 3. The summed E-state index contributed by atoms with van der Waals surface area (Å²) < 4.78 is 19.6. The fourth-order valence-corrected chi connectivity index (χ4v) is 2.32.